The molecule has 296 valence electrons. The normalized spacial score (nSPS) is 11.6. The van der Waals surface area contributed by atoms with Crippen LogP contribution in [0.4, 0.5) is 0 Å². The number of Topliss-reactive ketones (excluding diaryl/α,β-unsaturated/α-hetero) is 1. The third kappa shape index (κ3) is 36.7. The standard InChI is InChI=1S/C38H69N3O10/c1-32(2)34(41-36(44)18-16-14-12-10-8-6-4-5-7-9-11-13-15-17-19-38(46)47)20-21-35(43)39-22-24-48-27-29-51-31-37(45)40-23-25-49-26-28-50-30-33(3)42/h34H,1,4-31H2,2-3H3,(H,39,43)(H,40,45)(H,41,44)(H,46,47). The summed E-state index contributed by atoms with van der Waals surface area (Å²) in [5.41, 5.74) is 0.824. The van der Waals surface area contributed by atoms with E-state index in [2.05, 4.69) is 22.5 Å². The van der Waals surface area contributed by atoms with Crippen LogP contribution in [0.1, 0.15) is 129 Å². The third-order valence-electron chi connectivity index (χ3n) is 8.05. The van der Waals surface area contributed by atoms with E-state index in [1.165, 1.54) is 58.3 Å². The summed E-state index contributed by atoms with van der Waals surface area (Å²) in [5, 5.41) is 17.2. The van der Waals surface area contributed by atoms with Gasteiger partial charge in [-0.2, -0.15) is 0 Å². The van der Waals surface area contributed by atoms with Gasteiger partial charge in [-0.25, -0.2) is 0 Å². The maximum atomic E-state index is 12.5. The van der Waals surface area contributed by atoms with Gasteiger partial charge in [-0.15, -0.1) is 0 Å². The Labute approximate surface area is 306 Å². The number of hydrogen-bond acceptors (Lipinski definition) is 9. The van der Waals surface area contributed by atoms with Gasteiger partial charge in [0, 0.05) is 38.4 Å². The number of aliphatic carboxylic acids is 1. The number of unbranched alkanes of at least 4 members (excludes halogenated alkanes) is 13. The van der Waals surface area contributed by atoms with Crippen LogP contribution in [0.15, 0.2) is 12.2 Å². The first-order chi connectivity index (χ1) is 24.6. The minimum Gasteiger partial charge on any atom is -0.481 e. The highest BCUT2D eigenvalue weighted by atomic mass is 16.5. The van der Waals surface area contributed by atoms with Crippen molar-refractivity contribution in [3.05, 3.63) is 12.2 Å². The zero-order valence-electron chi connectivity index (χ0n) is 31.7. The number of hydrogen-bond donors (Lipinski definition) is 4. The lowest BCUT2D eigenvalue weighted by molar-refractivity contribution is -0.137. The zero-order chi connectivity index (χ0) is 37.8. The minimum absolute atomic E-state index is 0.00316. The van der Waals surface area contributed by atoms with Crippen LogP contribution in [-0.2, 0) is 42.9 Å². The van der Waals surface area contributed by atoms with Crippen LogP contribution in [-0.4, -0.2) is 107 Å². The van der Waals surface area contributed by atoms with E-state index >= 15 is 0 Å². The summed E-state index contributed by atoms with van der Waals surface area (Å²) in [6, 6.07) is -0.239. The van der Waals surface area contributed by atoms with E-state index in [1.807, 2.05) is 6.92 Å². The first-order valence-electron chi connectivity index (χ1n) is 19.1. The molecule has 0 bridgehead atoms. The molecule has 0 aliphatic carbocycles. The monoisotopic (exact) mass is 727 g/mol. The maximum Gasteiger partial charge on any atom is 0.303 e. The molecule has 0 aromatic carbocycles. The van der Waals surface area contributed by atoms with E-state index in [0.717, 1.165) is 44.1 Å². The Hall–Kier alpha value is -2.87. The van der Waals surface area contributed by atoms with Crippen LogP contribution in [0.2, 0.25) is 0 Å². The number of carbonyl (C=O) groups is 5. The second kappa shape index (κ2) is 35.5. The van der Waals surface area contributed by atoms with Gasteiger partial charge in [0.25, 0.3) is 0 Å². The largest absolute Gasteiger partial charge is 0.481 e. The molecule has 0 aliphatic rings. The smallest absolute Gasteiger partial charge is 0.303 e. The second-order valence-electron chi connectivity index (χ2n) is 13.1. The van der Waals surface area contributed by atoms with Gasteiger partial charge in [-0.3, -0.25) is 24.0 Å². The molecule has 51 heavy (non-hydrogen) atoms. The average Bonchev–Trinajstić information content (AvgIpc) is 3.08. The van der Waals surface area contributed by atoms with Crippen molar-refractivity contribution in [2.24, 2.45) is 0 Å². The first-order valence-corrected chi connectivity index (χ1v) is 19.1. The van der Waals surface area contributed by atoms with Crippen LogP contribution in [0.25, 0.3) is 0 Å². The lowest BCUT2D eigenvalue weighted by Gasteiger charge is -2.19. The van der Waals surface area contributed by atoms with Gasteiger partial charge in [0.15, 0.2) is 5.78 Å². The summed E-state index contributed by atoms with van der Waals surface area (Å²) < 4.78 is 21.1. The summed E-state index contributed by atoms with van der Waals surface area (Å²) >= 11 is 0. The SMILES string of the molecule is C=C(C)C(CCC(=O)NCCOCCOCC(=O)NCCOCCOCC(C)=O)NC(=O)CCCCCCCCCCCCCCCCC(=O)O. The molecule has 13 nitrogen and oxygen atoms in total. The van der Waals surface area contributed by atoms with Crippen molar-refractivity contribution in [3.8, 4) is 0 Å². The van der Waals surface area contributed by atoms with Gasteiger partial charge in [0.2, 0.25) is 17.7 Å². The Balaban J connectivity index is 3.66. The van der Waals surface area contributed by atoms with E-state index in [0.29, 0.717) is 58.8 Å². The topological polar surface area (TPSA) is 179 Å². The number of rotatable bonds is 38. The fourth-order valence-corrected chi connectivity index (χ4v) is 5.15. The van der Waals surface area contributed by atoms with Crippen molar-refractivity contribution >= 4 is 29.5 Å². The summed E-state index contributed by atoms with van der Waals surface area (Å²) in [5.74, 6) is -1.12. The summed E-state index contributed by atoms with van der Waals surface area (Å²) in [4.78, 5) is 57.8. The number of ether oxygens (including phenoxy) is 4. The molecule has 0 spiro atoms. The summed E-state index contributed by atoms with van der Waals surface area (Å²) in [6.45, 7) is 9.82. The van der Waals surface area contributed by atoms with Crippen molar-refractivity contribution in [2.75, 3.05) is 65.9 Å². The lowest BCUT2D eigenvalue weighted by atomic mass is 10.0. The molecule has 0 aliphatic heterocycles. The number of amides is 3. The fraction of sp³-hybridized carbons (Fsp3) is 0.816. The number of carbonyl (C=O) groups excluding carboxylic acids is 4. The Morgan fingerprint density at radius 1 is 0.529 bits per heavy atom. The van der Waals surface area contributed by atoms with Crippen LogP contribution in [0, 0.1) is 0 Å². The maximum absolute atomic E-state index is 12.5. The van der Waals surface area contributed by atoms with Crippen molar-refractivity contribution in [3.63, 3.8) is 0 Å². The molecule has 13 heteroatoms. The van der Waals surface area contributed by atoms with Gasteiger partial charge in [0.1, 0.15) is 13.2 Å². The van der Waals surface area contributed by atoms with Crippen molar-refractivity contribution in [1.82, 2.24) is 16.0 Å². The van der Waals surface area contributed by atoms with E-state index in [1.54, 1.807) is 0 Å². The molecular formula is C38H69N3O10. The van der Waals surface area contributed by atoms with Crippen molar-refractivity contribution in [2.45, 2.75) is 135 Å². The summed E-state index contributed by atoms with van der Waals surface area (Å²) in [6.07, 6.45) is 17.5. The predicted molar refractivity (Wildman–Crippen MR) is 197 cm³/mol. The van der Waals surface area contributed by atoms with Gasteiger partial charge in [-0.1, -0.05) is 89.2 Å². The van der Waals surface area contributed by atoms with Crippen molar-refractivity contribution in [1.29, 1.82) is 0 Å². The second-order valence-corrected chi connectivity index (χ2v) is 13.1. The summed E-state index contributed by atoms with van der Waals surface area (Å²) in [7, 11) is 0. The predicted octanol–water partition coefficient (Wildman–Crippen LogP) is 5.04. The van der Waals surface area contributed by atoms with Crippen molar-refractivity contribution < 1.29 is 48.0 Å². The molecule has 0 aromatic heterocycles. The zero-order valence-corrected chi connectivity index (χ0v) is 31.7. The fourth-order valence-electron chi connectivity index (χ4n) is 5.15. The molecule has 0 fully saturated rings. The molecular weight excluding hydrogens is 658 g/mol. The quantitative estimate of drug-likeness (QED) is 0.0498. The number of nitrogens with one attached hydrogen (secondary N) is 3. The Kier molecular flexibility index (Phi) is 33.5. The van der Waals surface area contributed by atoms with Crippen LogP contribution >= 0.6 is 0 Å². The van der Waals surface area contributed by atoms with Crippen LogP contribution < -0.4 is 16.0 Å². The molecule has 0 rings (SSSR count). The third-order valence-corrected chi connectivity index (χ3v) is 8.05. The number of carboxylic acid groups (broad SMARTS) is 1. The van der Waals surface area contributed by atoms with Gasteiger partial charge >= 0.3 is 5.97 Å². The Morgan fingerprint density at radius 2 is 0.961 bits per heavy atom. The molecule has 0 saturated heterocycles. The minimum atomic E-state index is -0.696. The number of ketones is 1. The Morgan fingerprint density at radius 3 is 1.43 bits per heavy atom. The van der Waals surface area contributed by atoms with E-state index in [4.69, 9.17) is 24.1 Å². The van der Waals surface area contributed by atoms with Gasteiger partial charge < -0.3 is 40.0 Å². The average molecular weight is 728 g/mol. The van der Waals surface area contributed by atoms with Gasteiger partial charge in [0.05, 0.1) is 39.6 Å². The highest BCUT2D eigenvalue weighted by molar-refractivity contribution is 5.78. The van der Waals surface area contributed by atoms with E-state index < -0.39 is 5.97 Å². The lowest BCUT2D eigenvalue weighted by Crippen LogP contribution is -2.37. The Bertz CT molecular complexity index is 947. The van der Waals surface area contributed by atoms with E-state index in [-0.39, 0.29) is 62.4 Å². The molecule has 1 atom stereocenters. The van der Waals surface area contributed by atoms with Gasteiger partial charge in [-0.05, 0) is 33.1 Å². The molecule has 0 heterocycles. The van der Waals surface area contributed by atoms with Crippen LogP contribution in [0.5, 0.6) is 0 Å². The molecule has 0 saturated carbocycles. The molecule has 4 N–H and O–H groups in total. The van der Waals surface area contributed by atoms with E-state index in [9.17, 15) is 24.0 Å². The first kappa shape index (κ1) is 48.1. The van der Waals surface area contributed by atoms with Crippen LogP contribution in [0.3, 0.4) is 0 Å². The molecule has 1 unspecified atom stereocenters. The highest BCUT2D eigenvalue weighted by Crippen LogP contribution is 2.14. The molecule has 3 amide bonds. The molecule has 0 radical (unpaired) electrons. The number of carboxylic acids is 1. The molecule has 0 aromatic rings. The highest BCUT2D eigenvalue weighted by Gasteiger charge is 2.15.